The van der Waals surface area contributed by atoms with Gasteiger partial charge in [-0.05, 0) is 24.3 Å². The van der Waals surface area contributed by atoms with E-state index in [1.807, 2.05) is 0 Å². The highest BCUT2D eigenvalue weighted by molar-refractivity contribution is 6.33. The van der Waals surface area contributed by atoms with E-state index < -0.39 is 4.92 Å². The molecule has 0 atom stereocenters. The number of nitrogens with one attached hydrogen (secondary N) is 1. The number of nitrogens with zero attached hydrogens (tertiary/aromatic N) is 5. The Hall–Kier alpha value is -3.69. The van der Waals surface area contributed by atoms with Crippen LogP contribution in [-0.4, -0.2) is 19.9 Å². The van der Waals surface area contributed by atoms with E-state index in [1.165, 1.54) is 30.6 Å². The Kier molecular flexibility index (Phi) is 5.21. The topological polar surface area (TPSA) is 126 Å². The molecule has 0 aliphatic rings. The lowest BCUT2D eigenvalue weighted by Crippen LogP contribution is -2.07. The lowest BCUT2D eigenvalue weighted by atomic mass is 10.1. The summed E-state index contributed by atoms with van der Waals surface area (Å²) in [5, 5.41) is 20.2. The molecule has 0 saturated carbocycles. The van der Waals surface area contributed by atoms with Crippen LogP contribution in [-0.2, 0) is 0 Å². The number of pyridine rings is 1. The van der Waals surface area contributed by atoms with Gasteiger partial charge in [0.05, 0.1) is 21.7 Å². The highest BCUT2D eigenvalue weighted by Crippen LogP contribution is 2.34. The van der Waals surface area contributed by atoms with Crippen molar-refractivity contribution in [1.29, 1.82) is 0 Å². The standard InChI is InChI=1S/C19H10Cl2N6O3/c20-11-3-1-10(2-4-11)17-16(8-13-18(24-17)22-9-23-19(13)28)26-25-15-7-12(27(29)30)5-6-14(15)21/h1-9H,(H,22,23,24,28). The van der Waals surface area contributed by atoms with Crippen molar-refractivity contribution in [3.8, 4) is 11.3 Å². The number of nitro benzene ring substituents is 1. The number of halogens is 2. The number of nitro groups is 1. The van der Waals surface area contributed by atoms with Crippen LogP contribution in [0.1, 0.15) is 0 Å². The molecular formula is C19H10Cl2N6O3. The van der Waals surface area contributed by atoms with Crippen LogP contribution < -0.4 is 5.56 Å². The van der Waals surface area contributed by atoms with Gasteiger partial charge in [0.25, 0.3) is 11.2 Å². The van der Waals surface area contributed by atoms with Gasteiger partial charge >= 0.3 is 0 Å². The maximum atomic E-state index is 12.2. The van der Waals surface area contributed by atoms with E-state index in [0.717, 1.165) is 0 Å². The lowest BCUT2D eigenvalue weighted by molar-refractivity contribution is -0.384. The number of hydrogen-bond acceptors (Lipinski definition) is 7. The molecule has 4 rings (SSSR count). The Labute approximate surface area is 178 Å². The minimum Gasteiger partial charge on any atom is -0.313 e. The lowest BCUT2D eigenvalue weighted by Gasteiger charge is -2.06. The van der Waals surface area contributed by atoms with Crippen molar-refractivity contribution in [1.82, 2.24) is 15.0 Å². The first kappa shape index (κ1) is 19.6. The van der Waals surface area contributed by atoms with Gasteiger partial charge in [-0.2, -0.15) is 0 Å². The second kappa shape index (κ2) is 7.97. The van der Waals surface area contributed by atoms with Gasteiger partial charge in [-0.25, -0.2) is 9.97 Å². The van der Waals surface area contributed by atoms with Crippen molar-refractivity contribution in [2.75, 3.05) is 0 Å². The van der Waals surface area contributed by atoms with E-state index in [1.54, 1.807) is 24.3 Å². The second-order valence-corrected chi connectivity index (χ2v) is 6.90. The Bertz CT molecular complexity index is 1370. The molecule has 30 heavy (non-hydrogen) atoms. The normalized spacial score (nSPS) is 11.3. The van der Waals surface area contributed by atoms with Crippen molar-refractivity contribution >= 4 is 51.3 Å². The Morgan fingerprint density at radius 1 is 1.00 bits per heavy atom. The van der Waals surface area contributed by atoms with E-state index >= 15 is 0 Å². The number of aromatic amines is 1. The molecule has 9 nitrogen and oxygen atoms in total. The molecule has 0 amide bonds. The first-order valence-electron chi connectivity index (χ1n) is 8.42. The summed E-state index contributed by atoms with van der Waals surface area (Å²) in [5.41, 5.74) is 1.10. The summed E-state index contributed by atoms with van der Waals surface area (Å²) in [6.07, 6.45) is 1.26. The fourth-order valence-corrected chi connectivity index (χ4v) is 2.97. The van der Waals surface area contributed by atoms with E-state index in [-0.39, 0.29) is 38.7 Å². The maximum Gasteiger partial charge on any atom is 0.271 e. The first-order chi connectivity index (χ1) is 14.4. The predicted molar refractivity (Wildman–Crippen MR) is 113 cm³/mol. The van der Waals surface area contributed by atoms with Crippen LogP contribution >= 0.6 is 23.2 Å². The molecule has 148 valence electrons. The molecule has 0 aliphatic carbocycles. The SMILES string of the molecule is O=c1[nH]cnc2nc(-c3ccc(Cl)cc3)c(N=Nc3cc([N+](=O)[O-])ccc3Cl)cc12. The molecule has 11 heteroatoms. The van der Waals surface area contributed by atoms with Crippen LogP contribution in [0.4, 0.5) is 17.1 Å². The van der Waals surface area contributed by atoms with Gasteiger partial charge in [0.2, 0.25) is 0 Å². The van der Waals surface area contributed by atoms with Crippen molar-refractivity contribution in [2.24, 2.45) is 10.2 Å². The minimum atomic E-state index is -0.558. The van der Waals surface area contributed by atoms with Gasteiger partial charge in [0.15, 0.2) is 5.65 Å². The van der Waals surface area contributed by atoms with Gasteiger partial charge in [-0.1, -0.05) is 35.3 Å². The minimum absolute atomic E-state index is 0.105. The molecule has 0 fully saturated rings. The highest BCUT2D eigenvalue weighted by Gasteiger charge is 2.13. The molecule has 0 aliphatic heterocycles. The summed E-state index contributed by atoms with van der Waals surface area (Å²) in [6, 6.07) is 12.2. The highest BCUT2D eigenvalue weighted by atomic mass is 35.5. The van der Waals surface area contributed by atoms with Crippen molar-refractivity contribution in [3.05, 3.63) is 85.4 Å². The number of azo groups is 1. The third-order valence-corrected chi connectivity index (χ3v) is 4.70. The number of non-ortho nitro benzene ring substituents is 1. The summed E-state index contributed by atoms with van der Waals surface area (Å²) in [7, 11) is 0. The van der Waals surface area contributed by atoms with Crippen molar-refractivity contribution < 1.29 is 4.92 Å². The van der Waals surface area contributed by atoms with E-state index in [9.17, 15) is 14.9 Å². The molecule has 0 unspecified atom stereocenters. The van der Waals surface area contributed by atoms with E-state index in [0.29, 0.717) is 16.3 Å². The number of H-pyrrole nitrogens is 1. The predicted octanol–water partition coefficient (Wildman–Crippen LogP) is 5.62. The average molecular weight is 441 g/mol. The van der Waals surface area contributed by atoms with Crippen molar-refractivity contribution in [2.45, 2.75) is 0 Å². The van der Waals surface area contributed by atoms with Crippen molar-refractivity contribution in [3.63, 3.8) is 0 Å². The smallest absolute Gasteiger partial charge is 0.271 e. The number of benzene rings is 2. The van der Waals surface area contributed by atoms with Gasteiger partial charge in [-0.3, -0.25) is 14.9 Å². The average Bonchev–Trinajstić information content (AvgIpc) is 2.73. The zero-order valence-corrected chi connectivity index (χ0v) is 16.4. The quantitative estimate of drug-likeness (QED) is 0.250. The van der Waals surface area contributed by atoms with E-state index in [4.69, 9.17) is 23.2 Å². The third-order valence-electron chi connectivity index (χ3n) is 4.13. The molecule has 2 aromatic heterocycles. The zero-order chi connectivity index (χ0) is 21.3. The van der Waals surface area contributed by atoms with Crippen LogP contribution in [0.3, 0.4) is 0 Å². The monoisotopic (exact) mass is 440 g/mol. The Morgan fingerprint density at radius 3 is 2.47 bits per heavy atom. The molecule has 2 heterocycles. The Morgan fingerprint density at radius 2 is 1.73 bits per heavy atom. The maximum absolute atomic E-state index is 12.2. The van der Waals surface area contributed by atoms with Gasteiger partial charge < -0.3 is 4.98 Å². The van der Waals surface area contributed by atoms with Gasteiger partial charge in [-0.15, -0.1) is 10.2 Å². The van der Waals surface area contributed by atoms with Crippen LogP contribution in [0.2, 0.25) is 10.0 Å². The van der Waals surface area contributed by atoms with E-state index in [2.05, 4.69) is 25.2 Å². The third kappa shape index (κ3) is 3.88. The van der Waals surface area contributed by atoms with Crippen LogP contribution in [0.15, 0.2) is 69.9 Å². The fourth-order valence-electron chi connectivity index (χ4n) is 2.68. The summed E-state index contributed by atoms with van der Waals surface area (Å²) >= 11 is 12.1. The van der Waals surface area contributed by atoms with Crippen LogP contribution in [0.25, 0.3) is 22.3 Å². The summed E-state index contributed by atoms with van der Waals surface area (Å²) in [4.78, 5) is 33.6. The molecule has 0 bridgehead atoms. The molecule has 1 N–H and O–H groups in total. The van der Waals surface area contributed by atoms with Crippen LogP contribution in [0, 0.1) is 10.1 Å². The van der Waals surface area contributed by atoms with Crippen LogP contribution in [0.5, 0.6) is 0 Å². The molecular weight excluding hydrogens is 431 g/mol. The number of rotatable bonds is 4. The molecule has 0 spiro atoms. The summed E-state index contributed by atoms with van der Waals surface area (Å²) in [5.74, 6) is 0. The second-order valence-electron chi connectivity index (χ2n) is 6.06. The number of fused-ring (bicyclic) bond motifs is 1. The summed E-state index contributed by atoms with van der Waals surface area (Å²) < 4.78 is 0. The number of aromatic nitrogens is 3. The molecule has 0 radical (unpaired) electrons. The first-order valence-corrected chi connectivity index (χ1v) is 9.18. The largest absolute Gasteiger partial charge is 0.313 e. The van der Waals surface area contributed by atoms with Gasteiger partial charge in [0.1, 0.15) is 17.1 Å². The molecule has 0 saturated heterocycles. The number of hydrogen-bond donors (Lipinski definition) is 1. The molecule has 4 aromatic rings. The summed E-state index contributed by atoms with van der Waals surface area (Å²) in [6.45, 7) is 0. The fraction of sp³-hybridized carbons (Fsp3) is 0. The Balaban J connectivity index is 1.89. The van der Waals surface area contributed by atoms with Gasteiger partial charge in [0, 0.05) is 22.7 Å². The molecule has 2 aromatic carbocycles. The zero-order valence-electron chi connectivity index (χ0n) is 14.9.